The zero-order chi connectivity index (χ0) is 13.4. The fourth-order valence-electron chi connectivity index (χ4n) is 2.19. The number of benzene rings is 1. The largest absolute Gasteiger partial charge is 0.373 e. The molecule has 3 nitrogen and oxygen atoms in total. The Morgan fingerprint density at radius 3 is 2.42 bits per heavy atom. The van der Waals surface area contributed by atoms with Crippen LogP contribution in [0.3, 0.4) is 0 Å². The van der Waals surface area contributed by atoms with Crippen molar-refractivity contribution in [3.63, 3.8) is 0 Å². The number of anilines is 1. The normalized spacial score (nSPS) is 14.5. The van der Waals surface area contributed by atoms with Crippen molar-refractivity contribution in [3.8, 4) is 11.3 Å². The summed E-state index contributed by atoms with van der Waals surface area (Å²) in [6.07, 6.45) is 2.40. The van der Waals surface area contributed by atoms with Gasteiger partial charge < -0.3 is 5.32 Å². The minimum atomic E-state index is 0.541. The van der Waals surface area contributed by atoms with Crippen LogP contribution in [-0.2, 0) is 0 Å². The molecule has 1 heterocycles. The van der Waals surface area contributed by atoms with Crippen molar-refractivity contribution in [2.75, 3.05) is 12.4 Å². The summed E-state index contributed by atoms with van der Waals surface area (Å²) in [6, 6.07) is 7.81. The lowest BCUT2D eigenvalue weighted by Crippen LogP contribution is -2.04. The van der Waals surface area contributed by atoms with E-state index in [0.29, 0.717) is 5.92 Å². The first kappa shape index (κ1) is 12.4. The summed E-state index contributed by atoms with van der Waals surface area (Å²) in [4.78, 5) is 9.36. The van der Waals surface area contributed by atoms with Gasteiger partial charge in [0.15, 0.2) is 0 Å². The molecule has 1 fully saturated rings. The van der Waals surface area contributed by atoms with Crippen LogP contribution in [0.4, 0.5) is 5.82 Å². The van der Waals surface area contributed by atoms with E-state index in [1.165, 1.54) is 12.8 Å². The van der Waals surface area contributed by atoms with Gasteiger partial charge in [0.25, 0.3) is 0 Å². The zero-order valence-electron chi connectivity index (χ0n) is 11.1. The molecule has 1 N–H and O–H groups in total. The number of hydrogen-bond acceptors (Lipinski definition) is 3. The molecule has 4 heteroatoms. The molecule has 0 unspecified atom stereocenters. The minimum Gasteiger partial charge on any atom is -0.373 e. The van der Waals surface area contributed by atoms with Crippen molar-refractivity contribution >= 4 is 17.4 Å². The van der Waals surface area contributed by atoms with Crippen molar-refractivity contribution in [2.45, 2.75) is 25.7 Å². The molecular weight excluding hydrogens is 258 g/mol. The molecular formula is C15H16ClN3. The van der Waals surface area contributed by atoms with E-state index < -0.39 is 0 Å². The van der Waals surface area contributed by atoms with Gasteiger partial charge >= 0.3 is 0 Å². The van der Waals surface area contributed by atoms with E-state index in [4.69, 9.17) is 16.6 Å². The maximum absolute atomic E-state index is 5.94. The summed E-state index contributed by atoms with van der Waals surface area (Å²) < 4.78 is 0. The minimum absolute atomic E-state index is 0.541. The Bertz CT molecular complexity index is 604. The molecule has 0 spiro atoms. The number of nitrogens with zero attached hydrogens (tertiary/aromatic N) is 2. The van der Waals surface area contributed by atoms with Crippen molar-refractivity contribution in [1.29, 1.82) is 0 Å². The van der Waals surface area contributed by atoms with Crippen LogP contribution in [0.15, 0.2) is 24.3 Å². The summed E-state index contributed by atoms with van der Waals surface area (Å²) in [6.45, 7) is 2.05. The Kier molecular flexibility index (Phi) is 3.15. The topological polar surface area (TPSA) is 37.8 Å². The Morgan fingerprint density at radius 1 is 1.16 bits per heavy atom. The summed E-state index contributed by atoms with van der Waals surface area (Å²) in [7, 11) is 1.90. The van der Waals surface area contributed by atoms with Crippen LogP contribution in [0, 0.1) is 6.92 Å². The van der Waals surface area contributed by atoms with E-state index in [9.17, 15) is 0 Å². The quantitative estimate of drug-likeness (QED) is 0.918. The fourth-order valence-corrected chi connectivity index (χ4v) is 2.32. The summed E-state index contributed by atoms with van der Waals surface area (Å²) in [5.41, 5.74) is 3.16. The smallest absolute Gasteiger partial charge is 0.134 e. The third-order valence-electron chi connectivity index (χ3n) is 3.46. The highest BCUT2D eigenvalue weighted by atomic mass is 35.5. The van der Waals surface area contributed by atoms with Gasteiger partial charge in [0.2, 0.25) is 0 Å². The van der Waals surface area contributed by atoms with Crippen LogP contribution < -0.4 is 5.32 Å². The molecule has 1 aromatic heterocycles. The van der Waals surface area contributed by atoms with E-state index in [2.05, 4.69) is 10.3 Å². The highest BCUT2D eigenvalue weighted by Gasteiger charge is 2.28. The molecule has 0 aliphatic heterocycles. The summed E-state index contributed by atoms with van der Waals surface area (Å²) in [5.74, 6) is 2.42. The van der Waals surface area contributed by atoms with Crippen molar-refractivity contribution in [1.82, 2.24) is 9.97 Å². The third-order valence-corrected chi connectivity index (χ3v) is 3.71. The number of aromatic nitrogens is 2. The Morgan fingerprint density at radius 2 is 1.84 bits per heavy atom. The van der Waals surface area contributed by atoms with E-state index >= 15 is 0 Å². The molecule has 0 amide bonds. The second kappa shape index (κ2) is 4.82. The van der Waals surface area contributed by atoms with Gasteiger partial charge in [-0.1, -0.05) is 23.7 Å². The molecule has 1 aliphatic rings. The van der Waals surface area contributed by atoms with Gasteiger partial charge in [-0.05, 0) is 31.9 Å². The average molecular weight is 274 g/mol. The SMILES string of the molecule is CNc1nc(C2CC2)nc(-c2ccc(Cl)cc2)c1C. The molecule has 1 saturated carbocycles. The van der Waals surface area contributed by atoms with Gasteiger partial charge in [0.05, 0.1) is 5.69 Å². The lowest BCUT2D eigenvalue weighted by atomic mass is 10.1. The highest BCUT2D eigenvalue weighted by molar-refractivity contribution is 6.30. The molecule has 0 radical (unpaired) electrons. The van der Waals surface area contributed by atoms with Gasteiger partial charge in [0.1, 0.15) is 11.6 Å². The first-order valence-electron chi connectivity index (χ1n) is 6.51. The average Bonchev–Trinajstić information content (AvgIpc) is 3.25. The van der Waals surface area contributed by atoms with Crippen LogP contribution in [0.5, 0.6) is 0 Å². The van der Waals surface area contributed by atoms with Gasteiger partial charge in [0, 0.05) is 29.1 Å². The third kappa shape index (κ3) is 2.43. The molecule has 19 heavy (non-hydrogen) atoms. The van der Waals surface area contributed by atoms with Crippen molar-refractivity contribution in [3.05, 3.63) is 40.7 Å². The molecule has 0 saturated heterocycles. The standard InChI is InChI=1S/C15H16ClN3/c1-9-13(10-5-7-12(16)8-6-10)18-15(11-3-4-11)19-14(9)17-2/h5-8,11H,3-4H2,1-2H3,(H,17,18,19). The Labute approximate surface area is 118 Å². The maximum atomic E-state index is 5.94. The Hall–Kier alpha value is -1.61. The van der Waals surface area contributed by atoms with E-state index in [-0.39, 0.29) is 0 Å². The van der Waals surface area contributed by atoms with Crippen LogP contribution in [0.2, 0.25) is 5.02 Å². The van der Waals surface area contributed by atoms with Crippen molar-refractivity contribution < 1.29 is 0 Å². The fraction of sp³-hybridized carbons (Fsp3) is 0.333. The number of rotatable bonds is 3. The first-order chi connectivity index (χ1) is 9.19. The highest BCUT2D eigenvalue weighted by Crippen LogP contribution is 2.40. The first-order valence-corrected chi connectivity index (χ1v) is 6.89. The monoisotopic (exact) mass is 273 g/mol. The van der Waals surface area contributed by atoms with Crippen LogP contribution in [-0.4, -0.2) is 17.0 Å². The van der Waals surface area contributed by atoms with Gasteiger partial charge in [-0.2, -0.15) is 0 Å². The lowest BCUT2D eigenvalue weighted by molar-refractivity contribution is 0.924. The molecule has 0 atom stereocenters. The maximum Gasteiger partial charge on any atom is 0.134 e. The molecule has 98 valence electrons. The van der Waals surface area contributed by atoms with E-state index in [0.717, 1.165) is 33.5 Å². The number of halogens is 1. The van der Waals surface area contributed by atoms with E-state index in [1.807, 2.05) is 38.2 Å². The lowest BCUT2D eigenvalue weighted by Gasteiger charge is -2.12. The van der Waals surface area contributed by atoms with Crippen LogP contribution in [0.1, 0.15) is 30.1 Å². The molecule has 1 aliphatic carbocycles. The second-order valence-corrected chi connectivity index (χ2v) is 5.37. The number of nitrogens with one attached hydrogen (secondary N) is 1. The van der Waals surface area contributed by atoms with Gasteiger partial charge in [-0.25, -0.2) is 9.97 Å². The molecule has 2 aromatic rings. The summed E-state index contributed by atoms with van der Waals surface area (Å²) in [5, 5.41) is 3.90. The molecule has 1 aromatic carbocycles. The predicted molar refractivity (Wildman–Crippen MR) is 78.7 cm³/mol. The zero-order valence-corrected chi connectivity index (χ0v) is 11.8. The van der Waals surface area contributed by atoms with Crippen LogP contribution in [0.25, 0.3) is 11.3 Å². The molecule has 0 bridgehead atoms. The van der Waals surface area contributed by atoms with E-state index in [1.54, 1.807) is 0 Å². The Balaban J connectivity index is 2.12. The number of hydrogen-bond donors (Lipinski definition) is 1. The summed E-state index contributed by atoms with van der Waals surface area (Å²) >= 11 is 5.94. The molecule has 3 rings (SSSR count). The van der Waals surface area contributed by atoms with Crippen molar-refractivity contribution in [2.24, 2.45) is 0 Å². The van der Waals surface area contributed by atoms with Crippen LogP contribution >= 0.6 is 11.6 Å². The predicted octanol–water partition coefficient (Wildman–Crippen LogP) is 4.02. The second-order valence-electron chi connectivity index (χ2n) is 4.94. The van der Waals surface area contributed by atoms with Gasteiger partial charge in [-0.3, -0.25) is 0 Å². The van der Waals surface area contributed by atoms with Gasteiger partial charge in [-0.15, -0.1) is 0 Å².